The predicted molar refractivity (Wildman–Crippen MR) is 103 cm³/mol. The molecule has 2 atom stereocenters. The molecule has 1 aromatic rings. The van der Waals surface area contributed by atoms with Crippen molar-refractivity contribution in [1.82, 2.24) is 15.5 Å². The zero-order valence-electron chi connectivity index (χ0n) is 15.4. The van der Waals surface area contributed by atoms with Gasteiger partial charge in [-0.25, -0.2) is 4.79 Å². The van der Waals surface area contributed by atoms with E-state index in [0.717, 1.165) is 31.2 Å². The lowest BCUT2D eigenvalue weighted by molar-refractivity contribution is -0.136. The molecule has 0 bridgehead atoms. The second-order valence-electron chi connectivity index (χ2n) is 7.23. The van der Waals surface area contributed by atoms with Crippen molar-refractivity contribution in [1.29, 1.82) is 0 Å². The molecule has 2 N–H and O–H groups in total. The minimum Gasteiger partial charge on any atom is -0.356 e. The Balaban J connectivity index is 1.38. The molecule has 1 saturated carbocycles. The second kappa shape index (κ2) is 9.22. The molecule has 4 amide bonds. The number of carbonyl (C=O) groups excluding carboxylic acids is 3. The van der Waals surface area contributed by atoms with Gasteiger partial charge in [-0.05, 0) is 37.3 Å². The zero-order valence-corrected chi connectivity index (χ0v) is 16.1. The van der Waals surface area contributed by atoms with Gasteiger partial charge in [0, 0.05) is 30.6 Å². The average Bonchev–Trinajstić information content (AvgIpc) is 2.66. The highest BCUT2D eigenvalue weighted by Crippen LogP contribution is 2.29. The number of fused-ring (bicyclic) bond motifs is 1. The fraction of sp³-hybridized carbons (Fsp3) is 0.550. The highest BCUT2D eigenvalue weighted by Gasteiger charge is 2.41. The Morgan fingerprint density at radius 1 is 1.22 bits per heavy atom. The van der Waals surface area contributed by atoms with Crippen LogP contribution in [-0.4, -0.2) is 41.9 Å². The molecule has 1 aliphatic carbocycles. The summed E-state index contributed by atoms with van der Waals surface area (Å²) in [5.41, 5.74) is 0.997. The number of nitrogens with zero attached hydrogens (tertiary/aromatic N) is 1. The Hall–Kier alpha value is -2.08. The van der Waals surface area contributed by atoms with E-state index in [2.05, 4.69) is 10.6 Å². The van der Waals surface area contributed by atoms with Crippen LogP contribution in [0.15, 0.2) is 24.3 Å². The van der Waals surface area contributed by atoms with Crippen molar-refractivity contribution in [3.63, 3.8) is 0 Å². The number of imide groups is 1. The third kappa shape index (κ3) is 5.01. The van der Waals surface area contributed by atoms with Crippen LogP contribution in [0, 0.1) is 5.92 Å². The first-order chi connectivity index (χ1) is 13.1. The van der Waals surface area contributed by atoms with Crippen molar-refractivity contribution in [2.75, 3.05) is 13.1 Å². The highest BCUT2D eigenvalue weighted by molar-refractivity contribution is 6.31. The van der Waals surface area contributed by atoms with E-state index in [1.165, 1.54) is 4.90 Å². The Morgan fingerprint density at radius 3 is 2.81 bits per heavy atom. The largest absolute Gasteiger partial charge is 0.356 e. The summed E-state index contributed by atoms with van der Waals surface area (Å²) < 4.78 is 0. The van der Waals surface area contributed by atoms with Gasteiger partial charge in [0.25, 0.3) is 0 Å². The van der Waals surface area contributed by atoms with Crippen molar-refractivity contribution >= 4 is 29.4 Å². The monoisotopic (exact) mass is 391 g/mol. The van der Waals surface area contributed by atoms with Gasteiger partial charge in [-0.1, -0.05) is 42.6 Å². The summed E-state index contributed by atoms with van der Waals surface area (Å²) in [7, 11) is 0. The van der Waals surface area contributed by atoms with Gasteiger partial charge in [-0.15, -0.1) is 0 Å². The second-order valence-corrected chi connectivity index (χ2v) is 7.64. The topological polar surface area (TPSA) is 78.5 Å². The number of nitrogens with one attached hydrogen (secondary N) is 2. The van der Waals surface area contributed by atoms with Crippen LogP contribution in [-0.2, 0) is 16.0 Å². The molecule has 7 heteroatoms. The predicted octanol–water partition coefficient (Wildman–Crippen LogP) is 2.89. The molecule has 2 fully saturated rings. The lowest BCUT2D eigenvalue weighted by Gasteiger charge is -2.39. The average molecular weight is 392 g/mol. The summed E-state index contributed by atoms with van der Waals surface area (Å²) in [6.45, 7) is 0.793. The van der Waals surface area contributed by atoms with Gasteiger partial charge in [-0.2, -0.15) is 0 Å². The first-order valence-corrected chi connectivity index (χ1v) is 10.1. The van der Waals surface area contributed by atoms with Crippen molar-refractivity contribution in [3.05, 3.63) is 34.9 Å². The molecule has 1 aromatic carbocycles. The Labute approximate surface area is 164 Å². The van der Waals surface area contributed by atoms with Gasteiger partial charge in [0.05, 0.1) is 5.92 Å². The van der Waals surface area contributed by atoms with Gasteiger partial charge in [0.1, 0.15) is 0 Å². The molecule has 27 heavy (non-hydrogen) atoms. The van der Waals surface area contributed by atoms with Gasteiger partial charge in [-0.3, -0.25) is 14.5 Å². The molecule has 2 unspecified atom stereocenters. The van der Waals surface area contributed by atoms with Gasteiger partial charge >= 0.3 is 6.03 Å². The molecule has 6 nitrogen and oxygen atoms in total. The number of carbonyl (C=O) groups is 3. The van der Waals surface area contributed by atoms with Gasteiger partial charge < -0.3 is 10.6 Å². The number of hydrogen-bond acceptors (Lipinski definition) is 3. The number of rotatable bonds is 7. The first-order valence-electron chi connectivity index (χ1n) is 9.68. The SMILES string of the molecule is O=C(CCCN1C(=O)NC2CCCCC2C1=O)NCCc1ccccc1Cl. The van der Waals surface area contributed by atoms with Gasteiger partial charge in [0.15, 0.2) is 0 Å². The quantitative estimate of drug-likeness (QED) is 0.750. The van der Waals surface area contributed by atoms with E-state index in [4.69, 9.17) is 11.6 Å². The molecule has 2 aliphatic rings. The standard InChI is InChI=1S/C20H26ClN3O3/c21-16-8-3-1-6-14(16)11-12-22-18(25)10-5-13-24-19(26)15-7-2-4-9-17(15)23-20(24)27/h1,3,6,8,15,17H,2,4-5,7,9-13H2,(H,22,25)(H,23,27). The number of benzene rings is 1. The van der Waals surface area contributed by atoms with E-state index in [9.17, 15) is 14.4 Å². The van der Waals surface area contributed by atoms with Crippen molar-refractivity contribution in [2.45, 2.75) is 51.0 Å². The Kier molecular flexibility index (Phi) is 6.72. The summed E-state index contributed by atoms with van der Waals surface area (Å²) in [5, 5.41) is 6.51. The summed E-state index contributed by atoms with van der Waals surface area (Å²) in [4.78, 5) is 38.0. The number of urea groups is 1. The number of amides is 4. The molecule has 3 rings (SSSR count). The highest BCUT2D eigenvalue weighted by atomic mass is 35.5. The van der Waals surface area contributed by atoms with Gasteiger partial charge in [0.2, 0.25) is 11.8 Å². The summed E-state index contributed by atoms with van der Waals surface area (Å²) >= 11 is 6.10. The van der Waals surface area contributed by atoms with E-state index in [-0.39, 0.29) is 42.8 Å². The van der Waals surface area contributed by atoms with E-state index in [1.54, 1.807) is 0 Å². The van der Waals surface area contributed by atoms with Crippen LogP contribution < -0.4 is 10.6 Å². The van der Waals surface area contributed by atoms with E-state index in [1.807, 2.05) is 24.3 Å². The Bertz CT molecular complexity index is 709. The molecular formula is C20H26ClN3O3. The van der Waals surface area contributed by atoms with Crippen LogP contribution in [0.5, 0.6) is 0 Å². The van der Waals surface area contributed by atoms with Crippen LogP contribution >= 0.6 is 11.6 Å². The number of hydrogen-bond donors (Lipinski definition) is 2. The molecule has 0 radical (unpaired) electrons. The van der Waals surface area contributed by atoms with Crippen LogP contribution in [0.2, 0.25) is 5.02 Å². The molecular weight excluding hydrogens is 366 g/mol. The third-order valence-electron chi connectivity index (χ3n) is 5.36. The molecule has 1 heterocycles. The van der Waals surface area contributed by atoms with E-state index < -0.39 is 0 Å². The first kappa shape index (κ1) is 19.7. The van der Waals surface area contributed by atoms with Crippen LogP contribution in [0.3, 0.4) is 0 Å². The lowest BCUT2D eigenvalue weighted by atomic mass is 9.82. The van der Waals surface area contributed by atoms with Crippen molar-refractivity contribution in [3.8, 4) is 0 Å². The van der Waals surface area contributed by atoms with Crippen molar-refractivity contribution in [2.24, 2.45) is 5.92 Å². The Morgan fingerprint density at radius 2 is 2.00 bits per heavy atom. The summed E-state index contributed by atoms with van der Waals surface area (Å²) in [6, 6.07) is 7.23. The smallest absolute Gasteiger partial charge is 0.324 e. The maximum absolute atomic E-state index is 12.6. The fourth-order valence-corrected chi connectivity index (χ4v) is 4.10. The van der Waals surface area contributed by atoms with Crippen LogP contribution in [0.25, 0.3) is 0 Å². The van der Waals surface area contributed by atoms with Crippen LogP contribution in [0.1, 0.15) is 44.1 Å². The lowest BCUT2D eigenvalue weighted by Crippen LogP contribution is -2.60. The van der Waals surface area contributed by atoms with Crippen LogP contribution in [0.4, 0.5) is 4.79 Å². The molecule has 0 aromatic heterocycles. The summed E-state index contributed by atoms with van der Waals surface area (Å²) in [6.07, 6.45) is 5.23. The fourth-order valence-electron chi connectivity index (χ4n) is 3.87. The zero-order chi connectivity index (χ0) is 19.2. The molecule has 1 saturated heterocycles. The maximum Gasteiger partial charge on any atom is 0.324 e. The minimum absolute atomic E-state index is 0.0110. The summed E-state index contributed by atoms with van der Waals surface area (Å²) in [5.74, 6) is -0.258. The van der Waals surface area contributed by atoms with E-state index in [0.29, 0.717) is 24.4 Å². The normalized spacial score (nSPS) is 22.2. The molecule has 0 spiro atoms. The number of halogens is 1. The van der Waals surface area contributed by atoms with E-state index >= 15 is 0 Å². The molecule has 146 valence electrons. The maximum atomic E-state index is 12.6. The molecule has 1 aliphatic heterocycles. The van der Waals surface area contributed by atoms with Crippen molar-refractivity contribution < 1.29 is 14.4 Å². The minimum atomic E-state index is -0.317. The third-order valence-corrected chi connectivity index (χ3v) is 5.73.